The van der Waals surface area contributed by atoms with Gasteiger partial charge in [-0.25, -0.2) is 0 Å². The monoisotopic (exact) mass is 521 g/mol. The quantitative estimate of drug-likeness (QED) is 0.255. The molecule has 2 nitrogen and oxygen atoms in total. The zero-order chi connectivity index (χ0) is 25.7. The van der Waals surface area contributed by atoms with Crippen molar-refractivity contribution in [2.45, 2.75) is 26.5 Å². The molecular weight excluding hydrogens is 486 g/mol. The molecule has 1 amide bonds. The van der Waals surface area contributed by atoms with Crippen LogP contribution in [0.4, 0.5) is 0 Å². The molecule has 6 rings (SSSR count). The van der Waals surface area contributed by atoms with Gasteiger partial charge in [0, 0.05) is 0 Å². The van der Waals surface area contributed by atoms with Gasteiger partial charge in [0.1, 0.15) is 0 Å². The molecule has 0 spiro atoms. The second-order valence-corrected chi connectivity index (χ2v) is 17.1. The Morgan fingerprint density at radius 3 is 1.68 bits per heavy atom. The molecule has 3 aromatic rings. The SMILES string of the molecule is C=C(C(=C)c1ccccc1)c1ccccc1.O=C([NH][Ti]1([CH]2CCC3C=CC=CC32)[CH2][CH2]1)c1ccccc1. The third-order valence-electron chi connectivity index (χ3n) is 8.08. The summed E-state index contributed by atoms with van der Waals surface area (Å²) in [4.78, 5) is 12.5. The van der Waals surface area contributed by atoms with Crippen molar-refractivity contribution in [1.82, 2.24) is 3.80 Å². The van der Waals surface area contributed by atoms with Gasteiger partial charge in [-0.05, 0) is 22.3 Å². The van der Waals surface area contributed by atoms with Gasteiger partial charge >= 0.3 is 130 Å². The second-order valence-electron chi connectivity index (χ2n) is 10.4. The maximum absolute atomic E-state index is 12.5. The van der Waals surface area contributed by atoms with E-state index in [0.29, 0.717) is 5.92 Å². The fraction of sp³-hybridized carbons (Fsp3) is 0.206. The van der Waals surface area contributed by atoms with Crippen molar-refractivity contribution in [1.29, 1.82) is 0 Å². The number of carbonyl (C=O) groups excluding carboxylic acids is 1. The van der Waals surface area contributed by atoms with Crippen LogP contribution in [-0.4, -0.2) is 5.91 Å². The van der Waals surface area contributed by atoms with Gasteiger partial charge in [-0.2, -0.15) is 0 Å². The Labute approximate surface area is 225 Å². The Morgan fingerprint density at radius 1 is 0.676 bits per heavy atom. The summed E-state index contributed by atoms with van der Waals surface area (Å²) in [5.41, 5.74) is 5.02. The molecule has 1 saturated heterocycles. The average Bonchev–Trinajstić information content (AvgIpc) is 3.61. The van der Waals surface area contributed by atoms with Crippen molar-refractivity contribution in [3.05, 3.63) is 145 Å². The van der Waals surface area contributed by atoms with Crippen LogP contribution < -0.4 is 3.80 Å². The first-order valence-corrected chi connectivity index (χ1v) is 17.2. The van der Waals surface area contributed by atoms with E-state index in [1.54, 1.807) is 0 Å². The van der Waals surface area contributed by atoms with Crippen LogP contribution in [-0.2, 0) is 16.8 Å². The standard InChI is InChI=1S/C16H14.C9H11.C7H7NO.C2H4.Ti/c1-13(15-9-5-3-6-10-15)14(2)16-11-7-4-8-12-16;1-2-5-9-7-3-6-8(9)4-1;8-7(9)6-4-2-1-3-5-6;1-2;/h3-12H,1-2H2;1-2,4-6,8-9H,3,7H2;1-5H,(H2,8,9);1-2H2;/q;;;;+1/p-1. The number of fused-ring (bicyclic) bond motifs is 1. The van der Waals surface area contributed by atoms with Crippen LogP contribution in [0.3, 0.4) is 0 Å². The molecule has 3 aromatic carbocycles. The van der Waals surface area contributed by atoms with Gasteiger partial charge in [0.2, 0.25) is 0 Å². The summed E-state index contributed by atoms with van der Waals surface area (Å²) in [5.74, 6) is 1.61. The van der Waals surface area contributed by atoms with Gasteiger partial charge in [-0.1, -0.05) is 73.8 Å². The van der Waals surface area contributed by atoms with Crippen LogP contribution >= 0.6 is 0 Å². The molecule has 37 heavy (non-hydrogen) atoms. The summed E-state index contributed by atoms with van der Waals surface area (Å²) in [6.07, 6.45) is 11.8. The van der Waals surface area contributed by atoms with Crippen molar-refractivity contribution >= 4 is 17.1 Å². The van der Waals surface area contributed by atoms with Gasteiger partial charge in [-0.3, -0.25) is 0 Å². The third kappa shape index (κ3) is 5.87. The van der Waals surface area contributed by atoms with Gasteiger partial charge in [0.15, 0.2) is 0 Å². The van der Waals surface area contributed by atoms with Gasteiger partial charge in [-0.15, -0.1) is 0 Å². The Morgan fingerprint density at radius 2 is 1.16 bits per heavy atom. The van der Waals surface area contributed by atoms with E-state index in [4.69, 9.17) is 0 Å². The number of benzene rings is 3. The first kappa shape index (κ1) is 25.5. The van der Waals surface area contributed by atoms with Crippen molar-refractivity contribution in [3.63, 3.8) is 0 Å². The Bertz CT molecular complexity index is 1260. The molecule has 0 bridgehead atoms. The minimum absolute atomic E-state index is 0.173. The van der Waals surface area contributed by atoms with Crippen LogP contribution in [0.5, 0.6) is 0 Å². The normalized spacial score (nSPS) is 22.2. The summed E-state index contributed by atoms with van der Waals surface area (Å²) in [5, 5.41) is 0. The van der Waals surface area contributed by atoms with E-state index in [0.717, 1.165) is 38.0 Å². The van der Waals surface area contributed by atoms with Crippen LogP contribution in [0.2, 0.25) is 13.7 Å². The molecule has 186 valence electrons. The molecule has 1 saturated carbocycles. The van der Waals surface area contributed by atoms with Crippen molar-refractivity contribution < 1.29 is 21.6 Å². The molecule has 3 atom stereocenters. The Balaban J connectivity index is 0.000000158. The zero-order valence-corrected chi connectivity index (χ0v) is 22.9. The van der Waals surface area contributed by atoms with Crippen LogP contribution in [0.1, 0.15) is 34.3 Å². The predicted molar refractivity (Wildman–Crippen MR) is 153 cm³/mol. The number of allylic oxidation sites excluding steroid dienone is 6. The van der Waals surface area contributed by atoms with Gasteiger partial charge in [0.25, 0.3) is 0 Å². The number of rotatable bonds is 6. The molecule has 3 unspecified atom stereocenters. The van der Waals surface area contributed by atoms with Gasteiger partial charge < -0.3 is 0 Å². The molecule has 1 N–H and O–H groups in total. The van der Waals surface area contributed by atoms with Crippen LogP contribution in [0.15, 0.2) is 128 Å². The van der Waals surface area contributed by atoms with E-state index in [1.807, 2.05) is 66.7 Å². The number of hydrogen-bond acceptors (Lipinski definition) is 1. The van der Waals surface area contributed by atoms with Crippen LogP contribution in [0.25, 0.3) is 11.1 Å². The molecule has 1 heterocycles. The molecule has 3 heteroatoms. The third-order valence-corrected chi connectivity index (χ3v) is 14.9. The molecule has 3 aliphatic rings. The predicted octanol–water partition coefficient (Wildman–Crippen LogP) is 8.69. The Kier molecular flexibility index (Phi) is 7.89. The summed E-state index contributed by atoms with van der Waals surface area (Å²) in [7, 11) is 0. The number of nitrogens with one attached hydrogen (secondary N) is 1. The van der Waals surface area contributed by atoms with Gasteiger partial charge in [0.05, 0.1) is 0 Å². The molecule has 1 aliphatic heterocycles. The summed E-state index contributed by atoms with van der Waals surface area (Å²) in [6.45, 7) is 8.20. The van der Waals surface area contributed by atoms with Crippen molar-refractivity contribution in [2.75, 3.05) is 0 Å². The van der Waals surface area contributed by atoms with E-state index in [9.17, 15) is 4.79 Å². The number of carbonyl (C=O) groups is 1. The number of hydrogen-bond donors (Lipinski definition) is 1. The van der Waals surface area contributed by atoms with E-state index in [-0.39, 0.29) is 5.91 Å². The maximum atomic E-state index is 12.5. The molecular formula is C34H35NOTi. The van der Waals surface area contributed by atoms with E-state index < -0.39 is 16.8 Å². The zero-order valence-electron chi connectivity index (χ0n) is 21.4. The van der Waals surface area contributed by atoms with E-state index >= 15 is 0 Å². The summed E-state index contributed by atoms with van der Waals surface area (Å²) >= 11 is -2.12. The summed E-state index contributed by atoms with van der Waals surface area (Å²) < 4.78 is 6.99. The first-order chi connectivity index (χ1) is 18.1. The van der Waals surface area contributed by atoms with Crippen LogP contribution in [0, 0.1) is 11.8 Å². The number of amides is 1. The summed E-state index contributed by atoms with van der Waals surface area (Å²) in [6, 6.07) is 30.0. The minimum atomic E-state index is -2.12. The van der Waals surface area contributed by atoms with E-state index in [1.165, 1.54) is 22.3 Å². The average molecular weight is 522 g/mol. The fourth-order valence-corrected chi connectivity index (χ4v) is 13.6. The van der Waals surface area contributed by atoms with Crippen molar-refractivity contribution in [3.8, 4) is 0 Å². The topological polar surface area (TPSA) is 29.1 Å². The fourth-order valence-electron chi connectivity index (χ4n) is 5.84. The molecule has 0 aromatic heterocycles. The van der Waals surface area contributed by atoms with Crippen molar-refractivity contribution in [2.24, 2.45) is 11.8 Å². The van der Waals surface area contributed by atoms with E-state index in [2.05, 4.69) is 65.5 Å². The molecule has 2 aliphatic carbocycles. The first-order valence-electron chi connectivity index (χ1n) is 13.3. The molecule has 0 radical (unpaired) electrons. The second kappa shape index (κ2) is 11.5. The molecule has 2 fully saturated rings. The Hall–Kier alpha value is -3.20.